The van der Waals surface area contributed by atoms with Crippen molar-refractivity contribution < 1.29 is 8.42 Å². The van der Waals surface area contributed by atoms with E-state index in [1.165, 1.54) is 5.41 Å². The zero-order valence-corrected chi connectivity index (χ0v) is 11.8. The highest BCUT2D eigenvalue weighted by molar-refractivity contribution is 7.95. The lowest BCUT2D eigenvalue weighted by molar-refractivity contribution is 0.268. The molecule has 0 spiro atoms. The number of hydrogen-bond acceptors (Lipinski definition) is 4. The summed E-state index contributed by atoms with van der Waals surface area (Å²) in [5, 5.41) is 4.75. The van der Waals surface area contributed by atoms with Crippen molar-refractivity contribution in [3.63, 3.8) is 0 Å². The molecule has 0 radical (unpaired) electrons. The van der Waals surface area contributed by atoms with Gasteiger partial charge in [-0.3, -0.25) is 4.90 Å². The predicted molar refractivity (Wildman–Crippen MR) is 75.7 cm³/mol. The van der Waals surface area contributed by atoms with Gasteiger partial charge in [0.2, 0.25) is 9.84 Å². The molecule has 1 aromatic carbocycles. The number of piperazine rings is 1. The number of nitrogens with zero attached hydrogens (tertiary/aromatic N) is 1. The number of hydrogen-bond donors (Lipinski definition) is 1. The van der Waals surface area contributed by atoms with Gasteiger partial charge in [0.25, 0.3) is 0 Å². The smallest absolute Gasteiger partial charge is 0.200 e. The average molecular weight is 278 g/mol. The third-order valence-electron chi connectivity index (χ3n) is 3.69. The molecule has 3 rings (SSSR count). The lowest BCUT2D eigenvalue weighted by atomic mass is 10.0. The first-order valence-corrected chi connectivity index (χ1v) is 8.11. The monoisotopic (exact) mass is 278 g/mol. The first kappa shape index (κ1) is 12.8. The Labute approximate surface area is 114 Å². The van der Waals surface area contributed by atoms with Crippen molar-refractivity contribution in [1.82, 2.24) is 10.2 Å². The van der Waals surface area contributed by atoms with E-state index in [-0.39, 0.29) is 0 Å². The lowest BCUT2D eigenvalue weighted by Crippen LogP contribution is -2.43. The molecule has 2 heterocycles. The minimum atomic E-state index is -3.23. The molecule has 102 valence electrons. The Kier molecular flexibility index (Phi) is 3.20. The van der Waals surface area contributed by atoms with Crippen LogP contribution >= 0.6 is 0 Å². The van der Waals surface area contributed by atoms with E-state index in [4.69, 9.17) is 0 Å². The van der Waals surface area contributed by atoms with E-state index >= 15 is 0 Å². The molecule has 2 aliphatic rings. The predicted octanol–water partition coefficient (Wildman–Crippen LogP) is 1.03. The zero-order valence-electron chi connectivity index (χ0n) is 11.0. The van der Waals surface area contributed by atoms with Crippen molar-refractivity contribution >= 4 is 15.4 Å². The van der Waals surface area contributed by atoms with Crippen molar-refractivity contribution in [2.24, 2.45) is 0 Å². The van der Waals surface area contributed by atoms with Crippen LogP contribution in [-0.4, -0.2) is 46.0 Å². The van der Waals surface area contributed by atoms with E-state index in [0.29, 0.717) is 4.90 Å². The summed E-state index contributed by atoms with van der Waals surface area (Å²) in [6.45, 7) is 6.60. The zero-order chi connectivity index (χ0) is 13.5. The van der Waals surface area contributed by atoms with Crippen LogP contribution in [0.1, 0.15) is 11.1 Å². The third kappa shape index (κ3) is 2.45. The fraction of sp³-hybridized carbons (Fsp3) is 0.429. The molecule has 1 aromatic rings. The minimum absolute atomic E-state index is 0.461. The van der Waals surface area contributed by atoms with E-state index in [9.17, 15) is 8.42 Å². The molecule has 5 heteroatoms. The highest BCUT2D eigenvalue weighted by atomic mass is 32.2. The molecule has 0 saturated carbocycles. The second-order valence-corrected chi connectivity index (χ2v) is 6.98. The number of fused-ring (bicyclic) bond motifs is 1. The maximum atomic E-state index is 12.1. The fourth-order valence-corrected chi connectivity index (χ4v) is 4.15. The number of aryl methyl sites for hydroxylation is 1. The average Bonchev–Trinajstić information content (AvgIpc) is 2.62. The quantitative estimate of drug-likeness (QED) is 0.878. The van der Waals surface area contributed by atoms with Crippen LogP contribution in [0.25, 0.3) is 5.57 Å². The summed E-state index contributed by atoms with van der Waals surface area (Å²) < 4.78 is 24.2. The van der Waals surface area contributed by atoms with Crippen LogP contribution in [0.5, 0.6) is 0 Å². The SMILES string of the molecule is Cc1ccc2c(c1)C(CN1CCNCC1)=CS2(=O)=O. The van der Waals surface area contributed by atoms with Crippen LogP contribution in [-0.2, 0) is 9.84 Å². The van der Waals surface area contributed by atoms with Gasteiger partial charge in [-0.25, -0.2) is 8.42 Å². The maximum absolute atomic E-state index is 12.1. The van der Waals surface area contributed by atoms with Gasteiger partial charge in [0.1, 0.15) is 0 Å². The number of sulfone groups is 1. The molecule has 1 fully saturated rings. The normalized spacial score (nSPS) is 22.1. The summed E-state index contributed by atoms with van der Waals surface area (Å²) in [4.78, 5) is 2.76. The molecule has 0 atom stereocenters. The van der Waals surface area contributed by atoms with Crippen molar-refractivity contribution in [3.05, 3.63) is 34.7 Å². The number of benzene rings is 1. The van der Waals surface area contributed by atoms with Gasteiger partial charge in [-0.15, -0.1) is 0 Å². The molecule has 4 nitrogen and oxygen atoms in total. The van der Waals surface area contributed by atoms with Crippen LogP contribution in [0.3, 0.4) is 0 Å². The second-order valence-electron chi connectivity index (χ2n) is 5.21. The number of rotatable bonds is 2. The third-order valence-corrected chi connectivity index (χ3v) is 5.25. The Bertz CT molecular complexity index is 629. The standard InChI is InChI=1S/C14H18N2O2S/c1-11-2-3-14-13(8-11)12(10-19(14,17)18)9-16-6-4-15-5-7-16/h2-3,8,10,15H,4-7,9H2,1H3. The molecular weight excluding hydrogens is 260 g/mol. The molecule has 0 bridgehead atoms. The van der Waals surface area contributed by atoms with Gasteiger partial charge in [-0.2, -0.15) is 0 Å². The van der Waals surface area contributed by atoms with Gasteiger partial charge >= 0.3 is 0 Å². The van der Waals surface area contributed by atoms with Crippen molar-refractivity contribution in [2.45, 2.75) is 11.8 Å². The highest BCUT2D eigenvalue weighted by Crippen LogP contribution is 2.34. The Balaban J connectivity index is 1.93. The summed E-state index contributed by atoms with van der Waals surface area (Å²) in [5.41, 5.74) is 2.92. The Morgan fingerprint density at radius 2 is 2.00 bits per heavy atom. The first-order valence-electron chi connectivity index (χ1n) is 6.56. The summed E-state index contributed by atoms with van der Waals surface area (Å²) in [6.07, 6.45) is 0. The van der Waals surface area contributed by atoms with E-state index < -0.39 is 9.84 Å². The molecule has 1 N–H and O–H groups in total. The molecule has 0 aromatic heterocycles. The van der Waals surface area contributed by atoms with E-state index in [2.05, 4.69) is 10.2 Å². The van der Waals surface area contributed by atoms with Crippen molar-refractivity contribution in [1.29, 1.82) is 0 Å². The molecule has 0 aliphatic carbocycles. The van der Waals surface area contributed by atoms with Crippen LogP contribution in [0.15, 0.2) is 28.5 Å². The fourth-order valence-electron chi connectivity index (χ4n) is 2.69. The van der Waals surface area contributed by atoms with Gasteiger partial charge in [0.05, 0.1) is 4.90 Å². The molecular formula is C14H18N2O2S. The van der Waals surface area contributed by atoms with Gasteiger partial charge in [0, 0.05) is 38.1 Å². The summed E-state index contributed by atoms with van der Waals surface area (Å²) in [6, 6.07) is 5.56. The van der Waals surface area contributed by atoms with Crippen molar-refractivity contribution in [2.75, 3.05) is 32.7 Å². The van der Waals surface area contributed by atoms with Crippen LogP contribution in [0, 0.1) is 6.92 Å². The first-order chi connectivity index (χ1) is 9.06. The second kappa shape index (κ2) is 4.74. The Morgan fingerprint density at radius 1 is 1.26 bits per heavy atom. The Hall–Kier alpha value is -1.17. The van der Waals surface area contributed by atoms with E-state index in [1.54, 1.807) is 6.07 Å². The van der Waals surface area contributed by atoms with Gasteiger partial charge in [-0.1, -0.05) is 17.7 Å². The lowest BCUT2D eigenvalue weighted by Gasteiger charge is -2.27. The molecule has 0 amide bonds. The summed E-state index contributed by atoms with van der Waals surface area (Å²) in [5.74, 6) is 0. The van der Waals surface area contributed by atoms with Gasteiger partial charge in [0.15, 0.2) is 0 Å². The van der Waals surface area contributed by atoms with Crippen molar-refractivity contribution in [3.8, 4) is 0 Å². The Morgan fingerprint density at radius 3 is 2.74 bits per heavy atom. The van der Waals surface area contributed by atoms with E-state index in [1.807, 2.05) is 19.1 Å². The maximum Gasteiger partial charge on any atom is 0.200 e. The summed E-state index contributed by atoms with van der Waals surface area (Å²) >= 11 is 0. The molecule has 0 unspecified atom stereocenters. The van der Waals surface area contributed by atoms with Gasteiger partial charge < -0.3 is 5.32 Å². The van der Waals surface area contributed by atoms with Gasteiger partial charge in [-0.05, 0) is 24.1 Å². The van der Waals surface area contributed by atoms with Crippen LogP contribution in [0.4, 0.5) is 0 Å². The summed E-state index contributed by atoms with van der Waals surface area (Å²) in [7, 11) is -3.23. The number of nitrogens with one attached hydrogen (secondary N) is 1. The van der Waals surface area contributed by atoms with Crippen LogP contribution < -0.4 is 5.32 Å². The highest BCUT2D eigenvalue weighted by Gasteiger charge is 2.27. The van der Waals surface area contributed by atoms with E-state index in [0.717, 1.165) is 49.4 Å². The largest absolute Gasteiger partial charge is 0.314 e. The minimum Gasteiger partial charge on any atom is -0.314 e. The molecule has 2 aliphatic heterocycles. The molecule has 19 heavy (non-hydrogen) atoms. The molecule has 1 saturated heterocycles. The topological polar surface area (TPSA) is 49.4 Å². The van der Waals surface area contributed by atoms with Crippen LogP contribution in [0.2, 0.25) is 0 Å².